The van der Waals surface area contributed by atoms with Crippen molar-refractivity contribution in [2.45, 2.75) is 44.6 Å². The van der Waals surface area contributed by atoms with E-state index in [-0.39, 0.29) is 17.9 Å². The molecule has 144 valence electrons. The monoisotopic (exact) mass is 384 g/mol. The van der Waals surface area contributed by atoms with Gasteiger partial charge in [-0.15, -0.1) is 10.2 Å². The van der Waals surface area contributed by atoms with Gasteiger partial charge in [-0.25, -0.2) is 0 Å². The fourth-order valence-corrected chi connectivity index (χ4v) is 6.69. The molecule has 0 radical (unpaired) electrons. The highest BCUT2D eigenvalue weighted by atomic mass is 32.2. The predicted molar refractivity (Wildman–Crippen MR) is 107 cm³/mol. The van der Waals surface area contributed by atoms with E-state index in [0.29, 0.717) is 11.8 Å². The molecule has 4 fully saturated rings. The van der Waals surface area contributed by atoms with Crippen LogP contribution in [0.25, 0.3) is 5.65 Å². The number of hydrogen-bond donors (Lipinski definition) is 1. The number of carbonyl (C=O) groups is 1. The number of rotatable bonds is 6. The smallest absolute Gasteiger partial charge is 0.224 e. The molecule has 0 spiro atoms. The first-order valence-electron chi connectivity index (χ1n) is 10.3. The highest BCUT2D eigenvalue weighted by Crippen LogP contribution is 2.56. The van der Waals surface area contributed by atoms with Gasteiger partial charge in [-0.05, 0) is 86.3 Å². The molecule has 0 aromatic carbocycles. The minimum Gasteiger partial charge on any atom is -0.346 e. The molecule has 2 aromatic rings. The number of fused-ring (bicyclic) bond motifs is 1. The number of nitrogens with zero attached hydrogens (tertiary/aromatic N) is 3. The zero-order valence-corrected chi connectivity index (χ0v) is 16.7. The minimum atomic E-state index is -0.0699. The Balaban J connectivity index is 1.38. The summed E-state index contributed by atoms with van der Waals surface area (Å²) < 4.78 is 2.02. The number of thioether (sulfide) groups is 1. The average molecular weight is 385 g/mol. The molecular weight excluding hydrogens is 356 g/mol. The Morgan fingerprint density at radius 1 is 1.19 bits per heavy atom. The molecule has 0 saturated heterocycles. The summed E-state index contributed by atoms with van der Waals surface area (Å²) in [5.41, 5.74) is 0.838. The molecular formula is C21H28N4OS. The fourth-order valence-electron chi connectivity index (χ4n) is 6.22. The highest BCUT2D eigenvalue weighted by Gasteiger charge is 2.51. The number of hydrogen-bond acceptors (Lipinski definition) is 4. The van der Waals surface area contributed by atoms with Gasteiger partial charge in [0.25, 0.3) is 0 Å². The lowest BCUT2D eigenvalue weighted by Gasteiger charge is -2.53. The van der Waals surface area contributed by atoms with Gasteiger partial charge in [-0.3, -0.25) is 9.20 Å². The molecule has 1 amide bonds. The van der Waals surface area contributed by atoms with Gasteiger partial charge in [0, 0.05) is 12.1 Å². The van der Waals surface area contributed by atoms with Crippen LogP contribution in [0.5, 0.6) is 0 Å². The molecule has 6 heteroatoms. The summed E-state index contributed by atoms with van der Waals surface area (Å²) in [7, 11) is 0. The molecule has 27 heavy (non-hydrogen) atoms. The van der Waals surface area contributed by atoms with Crippen molar-refractivity contribution >= 4 is 23.3 Å². The SMILES string of the molecule is CSCCC(NC(=O)C1C2CC3CC(C2)CC1C3)c1nnc2ccccn12. The first-order chi connectivity index (χ1) is 13.2. The van der Waals surface area contributed by atoms with Crippen LogP contribution in [0.3, 0.4) is 0 Å². The lowest BCUT2D eigenvalue weighted by Crippen LogP contribution is -2.51. The average Bonchev–Trinajstić information content (AvgIpc) is 3.08. The second-order valence-corrected chi connectivity index (χ2v) is 9.77. The van der Waals surface area contributed by atoms with Crippen LogP contribution in [-0.4, -0.2) is 32.5 Å². The molecule has 4 saturated carbocycles. The number of aromatic nitrogens is 3. The third-order valence-electron chi connectivity index (χ3n) is 7.11. The Morgan fingerprint density at radius 3 is 2.63 bits per heavy atom. The van der Waals surface area contributed by atoms with Gasteiger partial charge < -0.3 is 5.32 Å². The maximum Gasteiger partial charge on any atom is 0.224 e. The maximum atomic E-state index is 13.4. The number of carbonyl (C=O) groups excluding carboxylic acids is 1. The Morgan fingerprint density at radius 2 is 1.93 bits per heavy atom. The van der Waals surface area contributed by atoms with E-state index in [2.05, 4.69) is 21.8 Å². The molecule has 2 heterocycles. The lowest BCUT2D eigenvalue weighted by molar-refractivity contribution is -0.139. The molecule has 1 N–H and O–H groups in total. The van der Waals surface area contributed by atoms with Crippen molar-refractivity contribution in [3.63, 3.8) is 0 Å². The summed E-state index contributed by atoms with van der Waals surface area (Å²) in [6, 6.07) is 5.85. The third-order valence-corrected chi connectivity index (χ3v) is 7.75. The second kappa shape index (κ2) is 7.12. The molecule has 1 atom stereocenters. The number of pyridine rings is 1. The van der Waals surface area contributed by atoms with Gasteiger partial charge in [0.05, 0.1) is 6.04 Å². The van der Waals surface area contributed by atoms with Crippen molar-refractivity contribution in [2.24, 2.45) is 29.6 Å². The van der Waals surface area contributed by atoms with E-state index in [1.165, 1.54) is 32.1 Å². The van der Waals surface area contributed by atoms with Gasteiger partial charge in [-0.2, -0.15) is 11.8 Å². The summed E-state index contributed by atoms with van der Waals surface area (Å²) in [5.74, 6) is 5.34. The van der Waals surface area contributed by atoms with Crippen molar-refractivity contribution < 1.29 is 4.79 Å². The van der Waals surface area contributed by atoms with Crippen LogP contribution in [-0.2, 0) is 4.79 Å². The van der Waals surface area contributed by atoms with Gasteiger partial charge in [-0.1, -0.05) is 6.07 Å². The van der Waals surface area contributed by atoms with Crippen molar-refractivity contribution in [3.05, 3.63) is 30.2 Å². The quantitative estimate of drug-likeness (QED) is 0.825. The van der Waals surface area contributed by atoms with Crippen molar-refractivity contribution in [3.8, 4) is 0 Å². The van der Waals surface area contributed by atoms with Crippen LogP contribution < -0.4 is 5.32 Å². The van der Waals surface area contributed by atoms with E-state index < -0.39 is 0 Å². The lowest BCUT2D eigenvalue weighted by atomic mass is 9.51. The molecule has 5 nitrogen and oxygen atoms in total. The van der Waals surface area contributed by atoms with Crippen LogP contribution in [0.4, 0.5) is 0 Å². The summed E-state index contributed by atoms with van der Waals surface area (Å²) in [4.78, 5) is 13.4. The summed E-state index contributed by atoms with van der Waals surface area (Å²) in [5, 5.41) is 12.1. The third kappa shape index (κ3) is 3.16. The Bertz CT molecular complexity index is 806. The van der Waals surface area contributed by atoms with Gasteiger partial charge in [0.1, 0.15) is 0 Å². The first-order valence-corrected chi connectivity index (χ1v) is 11.7. The molecule has 0 aliphatic heterocycles. The van der Waals surface area contributed by atoms with Crippen LogP contribution in [0, 0.1) is 29.6 Å². The van der Waals surface area contributed by atoms with Crippen LogP contribution in [0.1, 0.15) is 50.4 Å². The number of nitrogens with one attached hydrogen (secondary N) is 1. The summed E-state index contributed by atoms with van der Waals surface area (Å²) in [6.07, 6.45) is 11.5. The van der Waals surface area contributed by atoms with Gasteiger partial charge >= 0.3 is 0 Å². The normalized spacial score (nSPS) is 32.7. The van der Waals surface area contributed by atoms with Crippen LogP contribution in [0.2, 0.25) is 0 Å². The Hall–Kier alpha value is -1.56. The molecule has 1 unspecified atom stereocenters. The first kappa shape index (κ1) is 17.5. The van der Waals surface area contributed by atoms with Crippen LogP contribution >= 0.6 is 11.8 Å². The van der Waals surface area contributed by atoms with Crippen LogP contribution in [0.15, 0.2) is 24.4 Å². The van der Waals surface area contributed by atoms with E-state index in [0.717, 1.165) is 35.5 Å². The van der Waals surface area contributed by atoms with E-state index in [1.54, 1.807) is 0 Å². The van der Waals surface area contributed by atoms with Gasteiger partial charge in [0.2, 0.25) is 5.91 Å². The Labute approximate surface area is 164 Å². The van der Waals surface area contributed by atoms with E-state index >= 15 is 0 Å². The number of amides is 1. The molecule has 4 aliphatic rings. The Kier molecular flexibility index (Phi) is 4.62. The standard InChI is InChI=1S/C21H28N4OS/c1-27-7-5-17(20-24-23-18-4-2-3-6-25(18)20)22-21(26)19-15-9-13-8-14(11-15)12-16(19)10-13/h2-4,6,13-17,19H,5,7-12H2,1H3,(H,22,26). The fraction of sp³-hybridized carbons (Fsp3) is 0.667. The summed E-state index contributed by atoms with van der Waals surface area (Å²) >= 11 is 1.81. The molecule has 4 aliphatic carbocycles. The molecule has 2 aromatic heterocycles. The minimum absolute atomic E-state index is 0.0699. The molecule has 4 bridgehead atoms. The van der Waals surface area contributed by atoms with Crippen molar-refractivity contribution in [2.75, 3.05) is 12.0 Å². The topological polar surface area (TPSA) is 59.3 Å². The highest BCUT2D eigenvalue weighted by molar-refractivity contribution is 7.98. The second-order valence-electron chi connectivity index (χ2n) is 8.79. The van der Waals surface area contributed by atoms with E-state index in [9.17, 15) is 4.79 Å². The predicted octanol–water partition coefficient (Wildman–Crippen LogP) is 3.71. The van der Waals surface area contributed by atoms with Crippen molar-refractivity contribution in [1.29, 1.82) is 0 Å². The molecule has 6 rings (SSSR count). The van der Waals surface area contributed by atoms with E-state index in [4.69, 9.17) is 0 Å². The van der Waals surface area contributed by atoms with Crippen molar-refractivity contribution in [1.82, 2.24) is 19.9 Å². The van der Waals surface area contributed by atoms with E-state index in [1.807, 2.05) is 40.6 Å². The maximum absolute atomic E-state index is 13.4. The summed E-state index contributed by atoms with van der Waals surface area (Å²) in [6.45, 7) is 0. The largest absolute Gasteiger partial charge is 0.346 e. The zero-order chi connectivity index (χ0) is 18.4. The zero-order valence-electron chi connectivity index (χ0n) is 15.9. The van der Waals surface area contributed by atoms with Gasteiger partial charge in [0.15, 0.2) is 11.5 Å².